The molecule has 1 aliphatic heterocycles. The topological polar surface area (TPSA) is 14.2 Å². The highest BCUT2D eigenvalue weighted by Crippen LogP contribution is 2.63. The van der Waals surface area contributed by atoms with Gasteiger partial charge in [0.1, 0.15) is 11.5 Å². The number of hydrogen-bond acceptors (Lipinski definition) is 1. The van der Waals surface area contributed by atoms with Gasteiger partial charge in [-0.15, -0.1) is 0 Å². The highest BCUT2D eigenvalue weighted by atomic mass is 16.5. The first-order chi connectivity index (χ1) is 26.3. The van der Waals surface area contributed by atoms with E-state index < -0.39 is 5.41 Å². The van der Waals surface area contributed by atoms with Crippen LogP contribution in [-0.2, 0) is 5.41 Å². The third-order valence-corrected chi connectivity index (χ3v) is 11.8. The summed E-state index contributed by atoms with van der Waals surface area (Å²) in [6, 6.07) is 68.8. The Morgan fingerprint density at radius 3 is 1.77 bits per heavy atom. The van der Waals surface area contributed by atoms with Gasteiger partial charge in [-0.3, -0.25) is 0 Å². The monoisotopic (exact) mass is 673 g/mol. The zero-order valence-electron chi connectivity index (χ0n) is 28.8. The van der Waals surface area contributed by atoms with E-state index in [2.05, 4.69) is 193 Å². The molecule has 1 aromatic heterocycles. The van der Waals surface area contributed by atoms with Crippen molar-refractivity contribution in [2.24, 2.45) is 0 Å². The molecule has 0 saturated carbocycles. The van der Waals surface area contributed by atoms with Crippen molar-refractivity contribution < 1.29 is 4.74 Å². The van der Waals surface area contributed by atoms with Crippen LogP contribution in [0.5, 0.6) is 11.5 Å². The third kappa shape index (κ3) is 3.77. The largest absolute Gasteiger partial charge is 0.456 e. The van der Waals surface area contributed by atoms with E-state index in [-0.39, 0.29) is 0 Å². The van der Waals surface area contributed by atoms with Gasteiger partial charge in [0.25, 0.3) is 0 Å². The van der Waals surface area contributed by atoms with E-state index in [1.807, 2.05) is 0 Å². The van der Waals surface area contributed by atoms with Crippen molar-refractivity contribution in [3.8, 4) is 39.4 Å². The van der Waals surface area contributed by atoms with Crippen LogP contribution >= 0.6 is 0 Å². The minimum Gasteiger partial charge on any atom is -0.456 e. The van der Waals surface area contributed by atoms with Crippen LogP contribution in [0.3, 0.4) is 0 Å². The SMILES string of the molecule is c1ccc2c(c1)Oc1c(ccc3c1c1c4ccccc4ccc1n3-c1ccc(-c3ccc4ccccc4c3)cc1)C21c2ccccc2-c2ccccc21. The summed E-state index contributed by atoms with van der Waals surface area (Å²) in [4.78, 5) is 0. The Morgan fingerprint density at radius 2 is 0.981 bits per heavy atom. The second kappa shape index (κ2) is 10.6. The van der Waals surface area contributed by atoms with Gasteiger partial charge in [-0.2, -0.15) is 0 Å². The number of nitrogens with zero attached hydrogens (tertiary/aromatic N) is 1. The summed E-state index contributed by atoms with van der Waals surface area (Å²) in [5.41, 5.74) is 12.8. The van der Waals surface area contributed by atoms with Gasteiger partial charge in [0, 0.05) is 22.2 Å². The molecule has 2 heterocycles. The van der Waals surface area contributed by atoms with E-state index in [9.17, 15) is 0 Å². The Kier molecular flexibility index (Phi) is 5.73. The molecule has 1 aliphatic carbocycles. The van der Waals surface area contributed by atoms with Crippen LogP contribution in [0.2, 0.25) is 0 Å². The van der Waals surface area contributed by atoms with Crippen molar-refractivity contribution in [3.63, 3.8) is 0 Å². The molecule has 0 saturated heterocycles. The number of rotatable bonds is 2. The molecule has 0 N–H and O–H groups in total. The lowest BCUT2D eigenvalue weighted by Crippen LogP contribution is -2.32. The Hall–Kier alpha value is -6.90. The number of fused-ring (bicyclic) bond motifs is 16. The second-order valence-electron chi connectivity index (χ2n) is 14.4. The number of aromatic nitrogens is 1. The molecule has 0 bridgehead atoms. The van der Waals surface area contributed by atoms with Crippen molar-refractivity contribution >= 4 is 43.4 Å². The standard InChI is InChI=1S/C51H31NO/c1-2-13-35-31-36(22-21-32(35)11-1)33-23-26-37(27-24-33)52-45-29-25-34-12-3-4-14-38(34)48(45)49-46(52)30-28-44-50(49)53-47-20-10-9-19-43(47)51(44)41-17-7-5-15-39(41)40-16-6-8-18-42(40)51/h1-31H. The minimum absolute atomic E-state index is 0.522. The quantitative estimate of drug-likeness (QED) is 0.178. The van der Waals surface area contributed by atoms with Crippen LogP contribution in [0.25, 0.3) is 71.3 Å². The maximum absolute atomic E-state index is 7.21. The molecular weight excluding hydrogens is 643 g/mol. The minimum atomic E-state index is -0.522. The Balaban J connectivity index is 1.16. The molecule has 2 aliphatic rings. The van der Waals surface area contributed by atoms with Crippen molar-refractivity contribution in [2.45, 2.75) is 5.41 Å². The molecule has 2 nitrogen and oxygen atoms in total. The predicted molar refractivity (Wildman–Crippen MR) is 219 cm³/mol. The van der Waals surface area contributed by atoms with E-state index in [1.54, 1.807) is 0 Å². The van der Waals surface area contributed by atoms with Crippen molar-refractivity contribution in [1.82, 2.24) is 4.57 Å². The Morgan fingerprint density at radius 1 is 0.396 bits per heavy atom. The maximum atomic E-state index is 7.21. The number of hydrogen-bond donors (Lipinski definition) is 0. The summed E-state index contributed by atoms with van der Waals surface area (Å²) in [5.74, 6) is 1.83. The highest BCUT2D eigenvalue weighted by Gasteiger charge is 2.51. The summed E-state index contributed by atoms with van der Waals surface area (Å²) in [6.45, 7) is 0. The fraction of sp³-hybridized carbons (Fsp3) is 0.0196. The fourth-order valence-corrected chi connectivity index (χ4v) is 9.63. The summed E-state index contributed by atoms with van der Waals surface area (Å²) < 4.78 is 9.64. The smallest absolute Gasteiger partial charge is 0.142 e. The van der Waals surface area contributed by atoms with Crippen LogP contribution in [-0.4, -0.2) is 4.57 Å². The predicted octanol–water partition coefficient (Wildman–Crippen LogP) is 13.2. The van der Waals surface area contributed by atoms with Crippen molar-refractivity contribution in [1.29, 1.82) is 0 Å². The Bertz CT molecular complexity index is 3100. The maximum Gasteiger partial charge on any atom is 0.142 e. The van der Waals surface area contributed by atoms with Gasteiger partial charge < -0.3 is 9.30 Å². The van der Waals surface area contributed by atoms with Crippen LogP contribution in [0.4, 0.5) is 0 Å². The van der Waals surface area contributed by atoms with Gasteiger partial charge in [0.15, 0.2) is 0 Å². The third-order valence-electron chi connectivity index (χ3n) is 11.8. The van der Waals surface area contributed by atoms with Gasteiger partial charge in [-0.1, -0.05) is 152 Å². The number of para-hydroxylation sites is 1. The molecule has 10 aromatic rings. The second-order valence-corrected chi connectivity index (χ2v) is 14.4. The molecule has 0 amide bonds. The van der Waals surface area contributed by atoms with Crippen LogP contribution in [0.1, 0.15) is 22.3 Å². The van der Waals surface area contributed by atoms with Crippen LogP contribution in [0, 0.1) is 0 Å². The number of benzene rings is 9. The van der Waals surface area contributed by atoms with Crippen LogP contribution < -0.4 is 4.74 Å². The van der Waals surface area contributed by atoms with Gasteiger partial charge in [0.2, 0.25) is 0 Å². The molecule has 0 atom stereocenters. The van der Waals surface area contributed by atoms with E-state index in [0.29, 0.717) is 0 Å². The molecule has 9 aromatic carbocycles. The highest BCUT2D eigenvalue weighted by molar-refractivity contribution is 6.23. The summed E-state index contributed by atoms with van der Waals surface area (Å²) >= 11 is 0. The zero-order valence-corrected chi connectivity index (χ0v) is 28.8. The summed E-state index contributed by atoms with van der Waals surface area (Å²) in [7, 11) is 0. The summed E-state index contributed by atoms with van der Waals surface area (Å²) in [6.07, 6.45) is 0. The lowest BCUT2D eigenvalue weighted by Gasteiger charge is -2.39. The first-order valence-corrected chi connectivity index (χ1v) is 18.3. The molecule has 0 radical (unpaired) electrons. The normalized spacial score (nSPS) is 13.6. The zero-order chi connectivity index (χ0) is 34.7. The molecule has 1 spiro atoms. The van der Waals surface area contributed by atoms with E-state index in [0.717, 1.165) is 33.6 Å². The van der Waals surface area contributed by atoms with Crippen molar-refractivity contribution in [2.75, 3.05) is 0 Å². The van der Waals surface area contributed by atoms with Gasteiger partial charge >= 0.3 is 0 Å². The molecule has 53 heavy (non-hydrogen) atoms. The average Bonchev–Trinajstić information content (AvgIpc) is 3.73. The number of ether oxygens (including phenoxy) is 1. The van der Waals surface area contributed by atoms with E-state index >= 15 is 0 Å². The first kappa shape index (κ1) is 28.8. The lowest BCUT2D eigenvalue weighted by molar-refractivity contribution is 0.442. The molecule has 2 heteroatoms. The Labute approximate surface area is 306 Å². The molecule has 0 fully saturated rings. The van der Waals surface area contributed by atoms with Gasteiger partial charge in [-0.25, -0.2) is 0 Å². The fourth-order valence-electron chi connectivity index (χ4n) is 9.63. The van der Waals surface area contributed by atoms with E-state index in [1.165, 1.54) is 71.4 Å². The average molecular weight is 674 g/mol. The van der Waals surface area contributed by atoms with Gasteiger partial charge in [-0.05, 0) is 91.3 Å². The molecule has 12 rings (SSSR count). The van der Waals surface area contributed by atoms with Crippen LogP contribution in [0.15, 0.2) is 188 Å². The molecular formula is C51H31NO. The van der Waals surface area contributed by atoms with Gasteiger partial charge in [0.05, 0.1) is 21.8 Å². The lowest BCUT2D eigenvalue weighted by atomic mass is 9.66. The molecule has 246 valence electrons. The molecule has 0 unspecified atom stereocenters. The first-order valence-electron chi connectivity index (χ1n) is 18.3. The van der Waals surface area contributed by atoms with E-state index in [4.69, 9.17) is 4.74 Å². The van der Waals surface area contributed by atoms with Crippen molar-refractivity contribution in [3.05, 3.63) is 210 Å². The summed E-state index contributed by atoms with van der Waals surface area (Å²) in [5, 5.41) is 7.29.